The monoisotopic (exact) mass is 402 g/mol. The molecule has 29 heavy (non-hydrogen) atoms. The van der Waals surface area contributed by atoms with E-state index in [1.807, 2.05) is 12.3 Å². The smallest absolute Gasteiger partial charge is 0.174 e. The molecule has 1 aliphatic carbocycles. The molecule has 5 rings (SSSR count). The molecule has 1 aromatic carbocycles. The SMILES string of the molecule is Cc1ccc(N2C(=S)NC(c3ccccn3)C2c2cccn2C2CCCC2)cc1. The Balaban J connectivity index is 1.62. The lowest BCUT2D eigenvalue weighted by Crippen LogP contribution is -2.30. The molecule has 5 heteroatoms. The van der Waals surface area contributed by atoms with Crippen LogP contribution in [-0.4, -0.2) is 14.7 Å². The highest BCUT2D eigenvalue weighted by Crippen LogP contribution is 2.43. The van der Waals surface area contributed by atoms with Crippen molar-refractivity contribution in [3.05, 3.63) is 83.9 Å². The summed E-state index contributed by atoms with van der Waals surface area (Å²) in [5, 5.41) is 4.33. The highest BCUT2D eigenvalue weighted by Gasteiger charge is 2.42. The van der Waals surface area contributed by atoms with Crippen molar-refractivity contribution in [1.82, 2.24) is 14.9 Å². The second-order valence-electron chi connectivity index (χ2n) is 8.11. The van der Waals surface area contributed by atoms with E-state index in [4.69, 9.17) is 12.2 Å². The first-order chi connectivity index (χ1) is 14.2. The summed E-state index contributed by atoms with van der Waals surface area (Å²) in [6.45, 7) is 2.11. The number of pyridine rings is 1. The number of hydrogen-bond donors (Lipinski definition) is 1. The van der Waals surface area contributed by atoms with Gasteiger partial charge in [0.25, 0.3) is 0 Å². The number of aromatic nitrogens is 2. The van der Waals surface area contributed by atoms with Crippen molar-refractivity contribution < 1.29 is 0 Å². The van der Waals surface area contributed by atoms with Crippen LogP contribution < -0.4 is 10.2 Å². The topological polar surface area (TPSA) is 33.1 Å². The molecule has 1 saturated heterocycles. The molecule has 2 aliphatic rings. The van der Waals surface area contributed by atoms with E-state index in [0.29, 0.717) is 6.04 Å². The third-order valence-electron chi connectivity index (χ3n) is 6.24. The first kappa shape index (κ1) is 18.4. The van der Waals surface area contributed by atoms with E-state index in [0.717, 1.165) is 16.5 Å². The van der Waals surface area contributed by atoms with E-state index >= 15 is 0 Å². The molecule has 0 spiro atoms. The largest absolute Gasteiger partial charge is 0.351 e. The number of nitrogens with one attached hydrogen (secondary N) is 1. The molecule has 148 valence electrons. The standard InChI is InChI=1S/C24H26N4S/c1-17-11-13-19(14-12-17)28-23(21-10-6-16-27(21)18-7-2-3-8-18)22(26-24(28)29)20-9-4-5-15-25-20/h4-6,9-16,18,22-23H,2-3,7-8H2,1H3,(H,26,29). The highest BCUT2D eigenvalue weighted by atomic mass is 32.1. The average molecular weight is 403 g/mol. The first-order valence-electron chi connectivity index (χ1n) is 10.5. The van der Waals surface area contributed by atoms with E-state index in [9.17, 15) is 0 Å². The summed E-state index contributed by atoms with van der Waals surface area (Å²) in [6, 6.07) is 19.8. The summed E-state index contributed by atoms with van der Waals surface area (Å²) in [5.41, 5.74) is 4.70. The summed E-state index contributed by atoms with van der Waals surface area (Å²) < 4.78 is 2.49. The van der Waals surface area contributed by atoms with Crippen molar-refractivity contribution in [3.8, 4) is 0 Å². The van der Waals surface area contributed by atoms with Crippen LogP contribution >= 0.6 is 12.2 Å². The summed E-state index contributed by atoms with van der Waals surface area (Å²) in [5.74, 6) is 0. The fraction of sp³-hybridized carbons (Fsp3) is 0.333. The van der Waals surface area contributed by atoms with Gasteiger partial charge in [0.05, 0.1) is 11.7 Å². The molecule has 2 aromatic heterocycles. The fourth-order valence-corrected chi connectivity index (χ4v) is 5.16. The predicted octanol–water partition coefficient (Wildman–Crippen LogP) is 5.48. The minimum absolute atomic E-state index is 0.0139. The van der Waals surface area contributed by atoms with E-state index < -0.39 is 0 Å². The van der Waals surface area contributed by atoms with Crippen LogP contribution in [-0.2, 0) is 0 Å². The van der Waals surface area contributed by atoms with Gasteiger partial charge in [-0.05, 0) is 68.4 Å². The maximum Gasteiger partial charge on any atom is 0.174 e. The molecule has 0 bridgehead atoms. The summed E-state index contributed by atoms with van der Waals surface area (Å²) in [6.07, 6.45) is 9.25. The molecule has 1 saturated carbocycles. The summed E-state index contributed by atoms with van der Waals surface area (Å²) in [7, 11) is 0. The predicted molar refractivity (Wildman–Crippen MR) is 121 cm³/mol. The maximum atomic E-state index is 5.84. The Kier molecular flexibility index (Phi) is 4.84. The molecule has 3 heterocycles. The molecule has 2 unspecified atom stereocenters. The van der Waals surface area contributed by atoms with Crippen LogP contribution in [0.2, 0.25) is 0 Å². The minimum atomic E-state index is 0.0139. The number of rotatable bonds is 4. The van der Waals surface area contributed by atoms with Crippen molar-refractivity contribution in [3.63, 3.8) is 0 Å². The molecule has 2 atom stereocenters. The summed E-state index contributed by atoms with van der Waals surface area (Å²) >= 11 is 5.84. The number of anilines is 1. The van der Waals surface area contributed by atoms with Gasteiger partial charge in [-0.3, -0.25) is 4.98 Å². The van der Waals surface area contributed by atoms with Gasteiger partial charge in [-0.25, -0.2) is 0 Å². The molecule has 0 radical (unpaired) electrons. The lowest BCUT2D eigenvalue weighted by atomic mass is 10.00. The molecule has 4 nitrogen and oxygen atoms in total. The van der Waals surface area contributed by atoms with E-state index in [2.05, 4.69) is 81.4 Å². The van der Waals surface area contributed by atoms with Gasteiger partial charge in [0, 0.05) is 29.8 Å². The Bertz CT molecular complexity index is 989. The van der Waals surface area contributed by atoms with Crippen molar-refractivity contribution in [2.45, 2.75) is 50.7 Å². The Morgan fingerprint density at radius 3 is 2.52 bits per heavy atom. The fourth-order valence-electron chi connectivity index (χ4n) is 4.81. The first-order valence-corrected chi connectivity index (χ1v) is 10.9. The molecule has 3 aromatic rings. The molecule has 2 fully saturated rings. The third kappa shape index (κ3) is 3.33. The Morgan fingerprint density at radius 1 is 1.00 bits per heavy atom. The molecular formula is C24H26N4S. The minimum Gasteiger partial charge on any atom is -0.351 e. The van der Waals surface area contributed by atoms with Gasteiger partial charge in [0.2, 0.25) is 0 Å². The quantitative estimate of drug-likeness (QED) is 0.586. The number of nitrogens with zero attached hydrogens (tertiary/aromatic N) is 3. The lowest BCUT2D eigenvalue weighted by Gasteiger charge is -2.30. The van der Waals surface area contributed by atoms with Gasteiger partial charge in [-0.1, -0.05) is 36.6 Å². The second-order valence-corrected chi connectivity index (χ2v) is 8.50. The maximum absolute atomic E-state index is 5.84. The van der Waals surface area contributed by atoms with Crippen molar-refractivity contribution in [2.75, 3.05) is 4.90 Å². The van der Waals surface area contributed by atoms with Crippen molar-refractivity contribution >= 4 is 23.0 Å². The van der Waals surface area contributed by atoms with Crippen LogP contribution in [0.1, 0.15) is 60.8 Å². The zero-order valence-corrected chi connectivity index (χ0v) is 17.5. The average Bonchev–Trinajstić information content (AvgIpc) is 3.48. The molecule has 1 N–H and O–H groups in total. The van der Waals surface area contributed by atoms with Gasteiger partial charge in [-0.2, -0.15) is 0 Å². The van der Waals surface area contributed by atoms with E-state index in [1.165, 1.54) is 36.9 Å². The van der Waals surface area contributed by atoms with Gasteiger partial charge in [0.15, 0.2) is 5.11 Å². The molecular weight excluding hydrogens is 376 g/mol. The normalized spacial score (nSPS) is 22.2. The highest BCUT2D eigenvalue weighted by molar-refractivity contribution is 7.80. The van der Waals surface area contributed by atoms with Crippen molar-refractivity contribution in [1.29, 1.82) is 0 Å². The van der Waals surface area contributed by atoms with Crippen LogP contribution in [0.15, 0.2) is 67.0 Å². The van der Waals surface area contributed by atoms with Crippen molar-refractivity contribution in [2.24, 2.45) is 0 Å². The zero-order chi connectivity index (χ0) is 19.8. The molecule has 1 aliphatic heterocycles. The van der Waals surface area contributed by atoms with Crippen LogP contribution in [0.4, 0.5) is 5.69 Å². The number of aryl methyl sites for hydroxylation is 1. The third-order valence-corrected chi connectivity index (χ3v) is 6.56. The lowest BCUT2D eigenvalue weighted by molar-refractivity contribution is 0.461. The number of benzene rings is 1. The van der Waals surface area contributed by atoms with Crippen LogP contribution in [0.5, 0.6) is 0 Å². The van der Waals surface area contributed by atoms with Gasteiger partial charge < -0.3 is 14.8 Å². The van der Waals surface area contributed by atoms with Crippen LogP contribution in [0.3, 0.4) is 0 Å². The number of thiocarbonyl (C=S) groups is 1. The van der Waals surface area contributed by atoms with E-state index in [-0.39, 0.29) is 12.1 Å². The van der Waals surface area contributed by atoms with Crippen LogP contribution in [0, 0.1) is 6.92 Å². The van der Waals surface area contributed by atoms with Gasteiger partial charge in [0.1, 0.15) is 6.04 Å². The Labute approximate surface area is 177 Å². The second kappa shape index (κ2) is 7.64. The molecule has 0 amide bonds. The Hall–Kier alpha value is -2.66. The van der Waals surface area contributed by atoms with Crippen LogP contribution in [0.25, 0.3) is 0 Å². The zero-order valence-electron chi connectivity index (χ0n) is 16.7. The van der Waals surface area contributed by atoms with Gasteiger partial charge >= 0.3 is 0 Å². The van der Waals surface area contributed by atoms with E-state index in [1.54, 1.807) is 0 Å². The van der Waals surface area contributed by atoms with Gasteiger partial charge in [-0.15, -0.1) is 0 Å². The Morgan fingerprint density at radius 2 is 1.79 bits per heavy atom. The number of hydrogen-bond acceptors (Lipinski definition) is 2. The summed E-state index contributed by atoms with van der Waals surface area (Å²) in [4.78, 5) is 6.94.